The van der Waals surface area contributed by atoms with Gasteiger partial charge in [0, 0.05) is 11.5 Å². The molecule has 0 aliphatic carbocycles. The Bertz CT molecular complexity index is 322. The quantitative estimate of drug-likeness (QED) is 0.411. The molecule has 0 spiro atoms. The highest BCUT2D eigenvalue weighted by Gasteiger charge is 2.32. The van der Waals surface area contributed by atoms with Crippen LogP contribution >= 0.6 is 19.3 Å². The average Bonchev–Trinajstić information content (AvgIpc) is 2.31. The van der Waals surface area contributed by atoms with Gasteiger partial charge in [-0.05, 0) is 12.2 Å². The lowest BCUT2D eigenvalue weighted by Gasteiger charge is -2.13. The second-order valence-electron chi connectivity index (χ2n) is 3.41. The van der Waals surface area contributed by atoms with Crippen molar-refractivity contribution in [3.8, 4) is 0 Å². The molecule has 3 nitrogen and oxygen atoms in total. The fraction of sp³-hybridized carbons (Fsp3) is 0.333. The zero-order valence-electron chi connectivity index (χ0n) is 10.2. The highest BCUT2D eigenvalue weighted by atomic mass is 35.5. The van der Waals surface area contributed by atoms with Gasteiger partial charge in [0.25, 0.3) is 6.35 Å². The summed E-state index contributed by atoms with van der Waals surface area (Å²) in [7, 11) is -2.55. The van der Waals surface area contributed by atoms with Crippen LogP contribution in [-0.4, -0.2) is 17.9 Å². The maximum Gasteiger partial charge on any atom is 0.350 e. The molecule has 96 valence electrons. The SMILES string of the molecule is C=C/C(Cl)=C\C=C\O[P+](C)(O)COC(=C)CC. The van der Waals surface area contributed by atoms with E-state index in [0.717, 1.165) is 0 Å². The number of halogens is 1. The van der Waals surface area contributed by atoms with Gasteiger partial charge in [-0.1, -0.05) is 37.8 Å². The molecule has 0 rings (SSSR count). The van der Waals surface area contributed by atoms with E-state index in [4.69, 9.17) is 20.9 Å². The second kappa shape index (κ2) is 8.35. The van der Waals surface area contributed by atoms with Crippen molar-refractivity contribution in [2.24, 2.45) is 0 Å². The second-order valence-corrected chi connectivity index (χ2v) is 6.41. The summed E-state index contributed by atoms with van der Waals surface area (Å²) >= 11 is 5.68. The van der Waals surface area contributed by atoms with Gasteiger partial charge in [-0.15, -0.1) is 0 Å². The Hall–Kier alpha value is -0.760. The van der Waals surface area contributed by atoms with E-state index in [0.29, 0.717) is 17.2 Å². The van der Waals surface area contributed by atoms with Crippen LogP contribution in [0.5, 0.6) is 0 Å². The smallest absolute Gasteiger partial charge is 0.350 e. The minimum Gasteiger partial charge on any atom is -0.458 e. The zero-order chi connectivity index (χ0) is 13.3. The first-order valence-corrected chi connectivity index (χ1v) is 7.80. The van der Waals surface area contributed by atoms with Crippen molar-refractivity contribution in [2.45, 2.75) is 13.3 Å². The topological polar surface area (TPSA) is 38.7 Å². The minimum absolute atomic E-state index is 0.128. The molecular formula is C12H19ClO3P+. The van der Waals surface area contributed by atoms with Gasteiger partial charge in [0.05, 0.1) is 5.76 Å². The fourth-order valence-corrected chi connectivity index (χ4v) is 1.60. The normalized spacial score (nSPS) is 15.4. The van der Waals surface area contributed by atoms with Crippen LogP contribution in [0.15, 0.2) is 48.4 Å². The molecular weight excluding hydrogens is 259 g/mol. The first-order chi connectivity index (χ1) is 7.91. The molecule has 0 heterocycles. The van der Waals surface area contributed by atoms with Crippen molar-refractivity contribution in [2.75, 3.05) is 13.0 Å². The van der Waals surface area contributed by atoms with E-state index in [1.807, 2.05) is 6.92 Å². The standard InChI is InChI=1S/C12H19ClO3P/c1-5-11(3)15-10-17(4,14)16-9-7-8-12(13)6-2/h6-9,14H,2-3,5,10H2,1,4H3/q+1/b9-7+,12-8+. The summed E-state index contributed by atoms with van der Waals surface area (Å²) in [6.45, 7) is 10.7. The van der Waals surface area contributed by atoms with Gasteiger partial charge in [-0.2, -0.15) is 0 Å². The third kappa shape index (κ3) is 8.99. The summed E-state index contributed by atoms with van der Waals surface area (Å²) < 4.78 is 10.4. The lowest BCUT2D eigenvalue weighted by atomic mass is 10.4. The Morgan fingerprint density at radius 2 is 2.18 bits per heavy atom. The van der Waals surface area contributed by atoms with E-state index in [1.54, 1.807) is 18.8 Å². The first kappa shape index (κ1) is 16.2. The number of ether oxygens (including phenoxy) is 1. The number of allylic oxidation sites excluding steroid dienone is 5. The molecule has 0 saturated heterocycles. The third-order valence-electron chi connectivity index (χ3n) is 1.72. The van der Waals surface area contributed by atoms with E-state index < -0.39 is 7.72 Å². The average molecular weight is 278 g/mol. The first-order valence-electron chi connectivity index (χ1n) is 5.13. The summed E-state index contributed by atoms with van der Waals surface area (Å²) in [5.41, 5.74) is 0. The predicted octanol–water partition coefficient (Wildman–Crippen LogP) is 4.19. The highest BCUT2D eigenvalue weighted by molar-refractivity contribution is 7.64. The molecule has 0 amide bonds. The van der Waals surface area contributed by atoms with Crippen molar-refractivity contribution < 1.29 is 14.2 Å². The molecule has 0 radical (unpaired) electrons. The summed E-state index contributed by atoms with van der Waals surface area (Å²) in [5.74, 6) is 0.632. The van der Waals surface area contributed by atoms with Crippen molar-refractivity contribution >= 4 is 19.3 Å². The van der Waals surface area contributed by atoms with Crippen molar-refractivity contribution in [1.82, 2.24) is 0 Å². The third-order valence-corrected chi connectivity index (χ3v) is 3.18. The molecule has 1 N–H and O–H groups in total. The Kier molecular flexibility index (Phi) is 7.98. The molecule has 0 bridgehead atoms. The van der Waals surface area contributed by atoms with Gasteiger partial charge >= 0.3 is 7.72 Å². The van der Waals surface area contributed by atoms with E-state index in [1.165, 1.54) is 12.3 Å². The molecule has 0 aromatic rings. The van der Waals surface area contributed by atoms with E-state index in [9.17, 15) is 4.89 Å². The van der Waals surface area contributed by atoms with Crippen molar-refractivity contribution in [3.63, 3.8) is 0 Å². The fourth-order valence-electron chi connectivity index (χ4n) is 0.709. The molecule has 0 aliphatic heterocycles. The molecule has 0 aliphatic rings. The van der Waals surface area contributed by atoms with E-state index in [-0.39, 0.29) is 6.35 Å². The number of hydrogen-bond donors (Lipinski definition) is 1. The van der Waals surface area contributed by atoms with Gasteiger partial charge in [-0.3, -0.25) is 0 Å². The lowest BCUT2D eigenvalue weighted by molar-refractivity contribution is 0.233. The monoisotopic (exact) mass is 277 g/mol. The van der Waals surface area contributed by atoms with Crippen LogP contribution in [0.1, 0.15) is 13.3 Å². The largest absolute Gasteiger partial charge is 0.458 e. The molecule has 1 atom stereocenters. The molecule has 0 saturated carbocycles. The Morgan fingerprint density at radius 3 is 2.71 bits per heavy atom. The molecule has 5 heteroatoms. The van der Waals surface area contributed by atoms with Crippen LogP contribution in [-0.2, 0) is 9.26 Å². The molecule has 1 unspecified atom stereocenters. The summed E-state index contributed by atoms with van der Waals surface area (Å²) in [5, 5.41) is 0.499. The Balaban J connectivity index is 4.08. The highest BCUT2D eigenvalue weighted by Crippen LogP contribution is 2.52. The molecule has 0 fully saturated rings. The van der Waals surface area contributed by atoms with Gasteiger partial charge in [-0.25, -0.2) is 4.89 Å². The van der Waals surface area contributed by atoms with Crippen molar-refractivity contribution in [1.29, 1.82) is 0 Å². The molecule has 17 heavy (non-hydrogen) atoms. The number of rotatable bonds is 8. The van der Waals surface area contributed by atoms with E-state index >= 15 is 0 Å². The van der Waals surface area contributed by atoms with Crippen LogP contribution in [0.4, 0.5) is 0 Å². The van der Waals surface area contributed by atoms with Gasteiger partial charge in [0.2, 0.25) is 0 Å². The number of hydrogen-bond acceptors (Lipinski definition) is 3. The minimum atomic E-state index is -2.55. The Morgan fingerprint density at radius 1 is 1.53 bits per heavy atom. The molecule has 0 aromatic carbocycles. The van der Waals surface area contributed by atoms with Crippen molar-refractivity contribution in [3.05, 3.63) is 48.4 Å². The van der Waals surface area contributed by atoms with Crippen LogP contribution in [0.2, 0.25) is 0 Å². The van der Waals surface area contributed by atoms with Crippen LogP contribution in [0, 0.1) is 0 Å². The lowest BCUT2D eigenvalue weighted by Crippen LogP contribution is -2.01. The van der Waals surface area contributed by atoms with Gasteiger partial charge in [0.1, 0.15) is 12.9 Å². The summed E-state index contributed by atoms with van der Waals surface area (Å²) in [4.78, 5) is 9.88. The predicted molar refractivity (Wildman–Crippen MR) is 74.8 cm³/mol. The molecule has 0 aromatic heterocycles. The maximum atomic E-state index is 9.88. The van der Waals surface area contributed by atoms with Gasteiger partial charge in [0.15, 0.2) is 0 Å². The van der Waals surface area contributed by atoms with Crippen LogP contribution < -0.4 is 0 Å². The van der Waals surface area contributed by atoms with Crippen LogP contribution in [0.3, 0.4) is 0 Å². The van der Waals surface area contributed by atoms with Gasteiger partial charge < -0.3 is 9.26 Å². The van der Waals surface area contributed by atoms with E-state index in [2.05, 4.69) is 13.2 Å². The Labute approximate surface area is 109 Å². The maximum absolute atomic E-state index is 9.88. The van der Waals surface area contributed by atoms with Crippen LogP contribution in [0.25, 0.3) is 0 Å². The summed E-state index contributed by atoms with van der Waals surface area (Å²) in [6, 6.07) is 0. The summed E-state index contributed by atoms with van der Waals surface area (Å²) in [6.07, 6.45) is 6.94. The zero-order valence-corrected chi connectivity index (χ0v) is 11.9.